The molecular weight excluding hydrogens is 224 g/mol. The third-order valence-corrected chi connectivity index (χ3v) is 2.76. The van der Waals surface area contributed by atoms with Gasteiger partial charge in [0, 0.05) is 17.1 Å². The van der Waals surface area contributed by atoms with E-state index < -0.39 is 0 Å². The van der Waals surface area contributed by atoms with Crippen molar-refractivity contribution in [3.63, 3.8) is 0 Å². The van der Waals surface area contributed by atoms with Gasteiger partial charge in [0.2, 0.25) is 0 Å². The van der Waals surface area contributed by atoms with Crippen LogP contribution in [0.25, 0.3) is 0 Å². The van der Waals surface area contributed by atoms with Crippen LogP contribution in [0.4, 0.5) is 0 Å². The first-order chi connectivity index (χ1) is 7.65. The zero-order valence-corrected chi connectivity index (χ0v) is 10.2. The van der Waals surface area contributed by atoms with Gasteiger partial charge in [-0.2, -0.15) is 0 Å². The molecule has 0 saturated heterocycles. The highest BCUT2D eigenvalue weighted by molar-refractivity contribution is 6.31. The molecule has 0 aliphatic rings. The average molecular weight is 241 g/mol. The van der Waals surface area contributed by atoms with E-state index in [1.807, 2.05) is 6.92 Å². The SMILES string of the molecule is Cc1cc(C(=O)NCCCCN)ccc1Cl. The van der Waals surface area contributed by atoms with Gasteiger partial charge >= 0.3 is 0 Å². The zero-order valence-electron chi connectivity index (χ0n) is 9.42. The highest BCUT2D eigenvalue weighted by Crippen LogP contribution is 2.16. The number of amides is 1. The highest BCUT2D eigenvalue weighted by atomic mass is 35.5. The summed E-state index contributed by atoms with van der Waals surface area (Å²) in [7, 11) is 0. The normalized spacial score (nSPS) is 10.2. The lowest BCUT2D eigenvalue weighted by molar-refractivity contribution is 0.0953. The largest absolute Gasteiger partial charge is 0.352 e. The summed E-state index contributed by atoms with van der Waals surface area (Å²) in [6.07, 6.45) is 1.84. The number of carbonyl (C=O) groups excluding carboxylic acids is 1. The fourth-order valence-electron chi connectivity index (χ4n) is 1.36. The molecule has 0 heterocycles. The van der Waals surface area contributed by atoms with Gasteiger partial charge in [0.1, 0.15) is 0 Å². The van der Waals surface area contributed by atoms with E-state index in [4.69, 9.17) is 17.3 Å². The Morgan fingerprint density at radius 3 is 2.81 bits per heavy atom. The summed E-state index contributed by atoms with van der Waals surface area (Å²) in [5.74, 6) is -0.0585. The Kier molecular flexibility index (Phi) is 5.29. The molecule has 1 aromatic carbocycles. The van der Waals surface area contributed by atoms with Crippen LogP contribution in [0, 0.1) is 6.92 Å². The van der Waals surface area contributed by atoms with Gasteiger partial charge in [0.25, 0.3) is 5.91 Å². The van der Waals surface area contributed by atoms with Crippen LogP contribution in [0.3, 0.4) is 0 Å². The topological polar surface area (TPSA) is 55.1 Å². The minimum absolute atomic E-state index is 0.0585. The lowest BCUT2D eigenvalue weighted by Crippen LogP contribution is -2.24. The molecule has 3 nitrogen and oxygen atoms in total. The predicted molar refractivity (Wildman–Crippen MR) is 66.8 cm³/mol. The number of carbonyl (C=O) groups is 1. The van der Waals surface area contributed by atoms with Crippen LogP contribution < -0.4 is 11.1 Å². The van der Waals surface area contributed by atoms with Crippen molar-refractivity contribution in [3.8, 4) is 0 Å². The fraction of sp³-hybridized carbons (Fsp3) is 0.417. The fourth-order valence-corrected chi connectivity index (χ4v) is 1.48. The summed E-state index contributed by atoms with van der Waals surface area (Å²) < 4.78 is 0. The molecule has 0 spiro atoms. The van der Waals surface area contributed by atoms with Crippen LogP contribution in [0.1, 0.15) is 28.8 Å². The Labute approximate surface area is 101 Å². The van der Waals surface area contributed by atoms with Crippen molar-refractivity contribution >= 4 is 17.5 Å². The molecule has 0 radical (unpaired) electrons. The summed E-state index contributed by atoms with van der Waals surface area (Å²) in [6.45, 7) is 3.21. The van der Waals surface area contributed by atoms with E-state index >= 15 is 0 Å². The number of aryl methyl sites for hydroxylation is 1. The quantitative estimate of drug-likeness (QED) is 0.775. The second-order valence-corrected chi connectivity index (χ2v) is 4.12. The van der Waals surface area contributed by atoms with Crippen LogP contribution in [0.5, 0.6) is 0 Å². The third-order valence-electron chi connectivity index (χ3n) is 2.34. The van der Waals surface area contributed by atoms with Crippen LogP contribution in [-0.4, -0.2) is 19.0 Å². The van der Waals surface area contributed by atoms with Crippen molar-refractivity contribution in [2.24, 2.45) is 5.73 Å². The number of hydrogen-bond acceptors (Lipinski definition) is 2. The summed E-state index contributed by atoms with van der Waals surface area (Å²) in [5, 5.41) is 3.52. The molecule has 1 amide bonds. The van der Waals surface area contributed by atoms with Crippen molar-refractivity contribution < 1.29 is 4.79 Å². The Morgan fingerprint density at radius 1 is 1.44 bits per heavy atom. The maximum atomic E-state index is 11.7. The van der Waals surface area contributed by atoms with E-state index in [1.165, 1.54) is 0 Å². The monoisotopic (exact) mass is 240 g/mol. The molecule has 0 saturated carbocycles. The van der Waals surface area contributed by atoms with Gasteiger partial charge in [-0.3, -0.25) is 4.79 Å². The van der Waals surface area contributed by atoms with Gasteiger partial charge in [-0.15, -0.1) is 0 Å². The second kappa shape index (κ2) is 6.51. The Hall–Kier alpha value is -1.06. The summed E-state index contributed by atoms with van der Waals surface area (Å²) >= 11 is 5.89. The van der Waals surface area contributed by atoms with E-state index in [2.05, 4.69) is 5.32 Å². The zero-order chi connectivity index (χ0) is 12.0. The van der Waals surface area contributed by atoms with Crippen molar-refractivity contribution in [3.05, 3.63) is 34.3 Å². The van der Waals surface area contributed by atoms with Gasteiger partial charge in [0.05, 0.1) is 0 Å². The van der Waals surface area contributed by atoms with Gasteiger partial charge in [-0.05, 0) is 50.1 Å². The first-order valence-corrected chi connectivity index (χ1v) is 5.77. The first kappa shape index (κ1) is 13.0. The molecular formula is C12H17ClN2O. The standard InChI is InChI=1S/C12H17ClN2O/c1-9-8-10(4-5-11(9)13)12(16)15-7-3-2-6-14/h4-5,8H,2-3,6-7,14H2,1H3,(H,15,16). The molecule has 0 aliphatic heterocycles. The third kappa shape index (κ3) is 3.83. The van der Waals surface area contributed by atoms with Crippen molar-refractivity contribution in [2.75, 3.05) is 13.1 Å². The van der Waals surface area contributed by atoms with E-state index in [0.717, 1.165) is 18.4 Å². The number of unbranched alkanes of at least 4 members (excludes halogenated alkanes) is 1. The molecule has 4 heteroatoms. The number of benzene rings is 1. The Balaban J connectivity index is 2.50. The first-order valence-electron chi connectivity index (χ1n) is 5.39. The molecule has 0 fully saturated rings. The minimum Gasteiger partial charge on any atom is -0.352 e. The molecule has 0 aliphatic carbocycles. The Morgan fingerprint density at radius 2 is 2.19 bits per heavy atom. The van der Waals surface area contributed by atoms with E-state index in [0.29, 0.717) is 23.7 Å². The van der Waals surface area contributed by atoms with Crippen LogP contribution in [-0.2, 0) is 0 Å². The molecule has 0 unspecified atom stereocenters. The number of hydrogen-bond donors (Lipinski definition) is 2. The minimum atomic E-state index is -0.0585. The number of nitrogens with one attached hydrogen (secondary N) is 1. The van der Waals surface area contributed by atoms with Crippen LogP contribution >= 0.6 is 11.6 Å². The number of halogens is 1. The Bertz CT molecular complexity index is 366. The molecule has 1 aromatic rings. The summed E-state index contributed by atoms with van der Waals surface area (Å²) in [6, 6.07) is 5.26. The molecule has 1 rings (SSSR count). The van der Waals surface area contributed by atoms with Crippen LogP contribution in [0.2, 0.25) is 5.02 Å². The lowest BCUT2D eigenvalue weighted by atomic mass is 10.1. The average Bonchev–Trinajstić information content (AvgIpc) is 2.28. The molecule has 0 bridgehead atoms. The molecule has 16 heavy (non-hydrogen) atoms. The number of nitrogens with two attached hydrogens (primary N) is 1. The summed E-state index contributed by atoms with van der Waals surface area (Å²) in [4.78, 5) is 11.7. The maximum absolute atomic E-state index is 11.7. The summed E-state index contributed by atoms with van der Waals surface area (Å²) in [5.41, 5.74) is 6.93. The van der Waals surface area contributed by atoms with Gasteiger partial charge in [0.15, 0.2) is 0 Å². The highest BCUT2D eigenvalue weighted by Gasteiger charge is 2.05. The molecule has 0 aromatic heterocycles. The molecule has 0 atom stereocenters. The van der Waals surface area contributed by atoms with Crippen molar-refractivity contribution in [1.82, 2.24) is 5.32 Å². The predicted octanol–water partition coefficient (Wildman–Crippen LogP) is 2.12. The van der Waals surface area contributed by atoms with E-state index in [9.17, 15) is 4.79 Å². The maximum Gasteiger partial charge on any atom is 0.251 e. The van der Waals surface area contributed by atoms with Crippen molar-refractivity contribution in [1.29, 1.82) is 0 Å². The number of rotatable bonds is 5. The van der Waals surface area contributed by atoms with E-state index in [1.54, 1.807) is 18.2 Å². The smallest absolute Gasteiger partial charge is 0.251 e. The van der Waals surface area contributed by atoms with Gasteiger partial charge in [-0.1, -0.05) is 11.6 Å². The lowest BCUT2D eigenvalue weighted by Gasteiger charge is -2.06. The van der Waals surface area contributed by atoms with E-state index in [-0.39, 0.29) is 5.91 Å². The molecule has 88 valence electrons. The van der Waals surface area contributed by atoms with Crippen LogP contribution in [0.15, 0.2) is 18.2 Å². The molecule has 3 N–H and O–H groups in total. The van der Waals surface area contributed by atoms with Gasteiger partial charge < -0.3 is 11.1 Å². The second-order valence-electron chi connectivity index (χ2n) is 3.72. The van der Waals surface area contributed by atoms with Crippen molar-refractivity contribution in [2.45, 2.75) is 19.8 Å². The van der Waals surface area contributed by atoms with Gasteiger partial charge in [-0.25, -0.2) is 0 Å².